The van der Waals surface area contributed by atoms with E-state index in [0.717, 1.165) is 0 Å². The number of nitrogens with zero attached hydrogens (tertiary/aromatic N) is 4. The van der Waals surface area contributed by atoms with E-state index >= 15 is 0 Å². The standard InChI is InChI=1S/C12H14N6O4S/c1-7-6-18(8(2)19)10-5-9(3-4-11(10)22-7)23(20,21)15-12-13-16-17-14-12/h3-5,7H,6H2,1-2H3,(H2,13,14,15,16,17). The van der Waals surface area contributed by atoms with Crippen molar-refractivity contribution >= 4 is 27.6 Å². The predicted octanol–water partition coefficient (Wildman–Crippen LogP) is 0.134. The molecule has 1 aliphatic heterocycles. The van der Waals surface area contributed by atoms with E-state index in [-0.39, 0.29) is 22.9 Å². The molecule has 0 radical (unpaired) electrons. The average Bonchev–Trinajstić information content (AvgIpc) is 2.97. The lowest BCUT2D eigenvalue weighted by atomic mass is 10.2. The Bertz CT molecular complexity index is 835. The SMILES string of the molecule is CC(=O)N1CC(C)Oc2ccc(S(=O)(=O)Nc3nn[nH]n3)cc21. The number of hydrogen-bond donors (Lipinski definition) is 2. The number of amides is 1. The summed E-state index contributed by atoms with van der Waals surface area (Å²) in [5.41, 5.74) is 0.409. The summed E-state index contributed by atoms with van der Waals surface area (Å²) in [5, 5.41) is 12.5. The van der Waals surface area contributed by atoms with Crippen molar-refractivity contribution in [1.29, 1.82) is 0 Å². The normalized spacial score (nSPS) is 17.3. The molecule has 0 bridgehead atoms. The van der Waals surface area contributed by atoms with Crippen molar-refractivity contribution in [3.8, 4) is 5.75 Å². The van der Waals surface area contributed by atoms with Gasteiger partial charge in [-0.3, -0.25) is 4.79 Å². The van der Waals surface area contributed by atoms with Crippen LogP contribution in [0.25, 0.3) is 0 Å². The second-order valence-electron chi connectivity index (χ2n) is 5.03. The lowest BCUT2D eigenvalue weighted by Gasteiger charge is -2.33. The molecule has 11 heteroatoms. The molecule has 1 aliphatic rings. The van der Waals surface area contributed by atoms with Crippen LogP contribution in [-0.4, -0.2) is 47.6 Å². The van der Waals surface area contributed by atoms with Gasteiger partial charge in [0.2, 0.25) is 5.91 Å². The first-order chi connectivity index (χ1) is 10.9. The molecule has 23 heavy (non-hydrogen) atoms. The molecule has 2 N–H and O–H groups in total. The lowest BCUT2D eigenvalue weighted by Crippen LogP contribution is -2.41. The van der Waals surface area contributed by atoms with Crippen molar-refractivity contribution in [3.63, 3.8) is 0 Å². The van der Waals surface area contributed by atoms with Gasteiger partial charge in [0.05, 0.1) is 17.1 Å². The summed E-state index contributed by atoms with van der Waals surface area (Å²) >= 11 is 0. The number of carbonyl (C=O) groups excluding carboxylic acids is 1. The number of anilines is 2. The molecule has 2 aromatic rings. The molecule has 0 saturated heterocycles. The van der Waals surface area contributed by atoms with Crippen molar-refractivity contribution in [2.45, 2.75) is 24.8 Å². The first kappa shape index (κ1) is 15.2. The Morgan fingerprint density at radius 1 is 1.48 bits per heavy atom. The summed E-state index contributed by atoms with van der Waals surface area (Å²) in [7, 11) is -3.91. The molecular weight excluding hydrogens is 324 g/mol. The van der Waals surface area contributed by atoms with E-state index in [1.807, 2.05) is 6.92 Å². The highest BCUT2D eigenvalue weighted by molar-refractivity contribution is 7.92. The second kappa shape index (κ2) is 5.50. The zero-order valence-electron chi connectivity index (χ0n) is 12.3. The number of aromatic amines is 1. The van der Waals surface area contributed by atoms with Crippen LogP contribution in [0, 0.1) is 0 Å². The molecule has 1 unspecified atom stereocenters. The van der Waals surface area contributed by atoms with Crippen LogP contribution < -0.4 is 14.4 Å². The molecule has 0 aliphatic carbocycles. The number of fused-ring (bicyclic) bond motifs is 1. The topological polar surface area (TPSA) is 130 Å². The van der Waals surface area contributed by atoms with Gasteiger partial charge in [-0.2, -0.15) is 5.21 Å². The van der Waals surface area contributed by atoms with Gasteiger partial charge in [0.1, 0.15) is 11.9 Å². The molecule has 122 valence electrons. The molecule has 0 spiro atoms. The molecular formula is C12H14N6O4S. The minimum atomic E-state index is -3.91. The van der Waals surface area contributed by atoms with Gasteiger partial charge in [-0.1, -0.05) is 5.10 Å². The summed E-state index contributed by atoms with van der Waals surface area (Å²) in [5.74, 6) is 0.0931. The third-order valence-electron chi connectivity index (χ3n) is 3.25. The molecule has 1 amide bonds. The molecule has 3 rings (SSSR count). The van der Waals surface area contributed by atoms with Crippen LogP contribution in [-0.2, 0) is 14.8 Å². The van der Waals surface area contributed by atoms with E-state index < -0.39 is 10.0 Å². The number of rotatable bonds is 3. The van der Waals surface area contributed by atoms with E-state index in [1.165, 1.54) is 30.0 Å². The number of benzene rings is 1. The Morgan fingerprint density at radius 3 is 2.91 bits per heavy atom. The van der Waals surface area contributed by atoms with Crippen LogP contribution in [0.5, 0.6) is 5.75 Å². The monoisotopic (exact) mass is 338 g/mol. The number of sulfonamides is 1. The summed E-state index contributed by atoms with van der Waals surface area (Å²) in [4.78, 5) is 13.2. The maximum atomic E-state index is 12.3. The molecule has 1 atom stereocenters. The summed E-state index contributed by atoms with van der Waals surface area (Å²) in [6.07, 6.45) is -0.175. The predicted molar refractivity (Wildman–Crippen MR) is 79.5 cm³/mol. The minimum Gasteiger partial charge on any atom is -0.487 e. The summed E-state index contributed by atoms with van der Waals surface area (Å²) < 4.78 is 32.5. The maximum absolute atomic E-state index is 12.3. The zero-order chi connectivity index (χ0) is 16.6. The van der Waals surface area contributed by atoms with E-state index in [1.54, 1.807) is 0 Å². The van der Waals surface area contributed by atoms with E-state index in [9.17, 15) is 13.2 Å². The van der Waals surface area contributed by atoms with Crippen LogP contribution in [0.15, 0.2) is 23.1 Å². The third-order valence-corrected chi connectivity index (χ3v) is 4.58. The van der Waals surface area contributed by atoms with Crippen LogP contribution in [0.2, 0.25) is 0 Å². The number of aromatic nitrogens is 4. The largest absolute Gasteiger partial charge is 0.487 e. The zero-order valence-corrected chi connectivity index (χ0v) is 13.2. The third kappa shape index (κ3) is 2.95. The number of nitrogens with one attached hydrogen (secondary N) is 2. The molecule has 1 aromatic carbocycles. The van der Waals surface area contributed by atoms with Gasteiger partial charge in [0.15, 0.2) is 0 Å². The molecule has 1 aromatic heterocycles. The highest BCUT2D eigenvalue weighted by Gasteiger charge is 2.28. The first-order valence-corrected chi connectivity index (χ1v) is 8.20. The Kier molecular flexibility index (Phi) is 3.64. The van der Waals surface area contributed by atoms with Gasteiger partial charge in [-0.25, -0.2) is 13.1 Å². The average molecular weight is 338 g/mol. The quantitative estimate of drug-likeness (QED) is 0.813. The maximum Gasteiger partial charge on any atom is 0.276 e. The van der Waals surface area contributed by atoms with Crippen molar-refractivity contribution < 1.29 is 17.9 Å². The molecule has 0 saturated carbocycles. The number of H-pyrrole nitrogens is 1. The fourth-order valence-electron chi connectivity index (χ4n) is 2.27. The van der Waals surface area contributed by atoms with Gasteiger partial charge in [0, 0.05) is 6.92 Å². The van der Waals surface area contributed by atoms with Crippen LogP contribution in [0.1, 0.15) is 13.8 Å². The van der Waals surface area contributed by atoms with Gasteiger partial charge >= 0.3 is 0 Å². The Hall–Kier alpha value is -2.69. The summed E-state index contributed by atoms with van der Waals surface area (Å²) in [6, 6.07) is 4.29. The van der Waals surface area contributed by atoms with Gasteiger partial charge in [-0.15, -0.1) is 5.10 Å². The smallest absolute Gasteiger partial charge is 0.276 e. The van der Waals surface area contributed by atoms with Gasteiger partial charge in [0.25, 0.3) is 16.0 Å². The van der Waals surface area contributed by atoms with Crippen molar-refractivity contribution in [2.75, 3.05) is 16.2 Å². The molecule has 0 fully saturated rings. The van der Waals surface area contributed by atoms with Gasteiger partial charge < -0.3 is 9.64 Å². The van der Waals surface area contributed by atoms with Crippen molar-refractivity contribution in [1.82, 2.24) is 20.6 Å². The Balaban J connectivity index is 1.99. The highest BCUT2D eigenvalue weighted by Crippen LogP contribution is 2.35. The first-order valence-electron chi connectivity index (χ1n) is 6.72. The van der Waals surface area contributed by atoms with Crippen molar-refractivity contribution in [3.05, 3.63) is 18.2 Å². The van der Waals surface area contributed by atoms with Crippen LogP contribution in [0.4, 0.5) is 11.6 Å². The van der Waals surface area contributed by atoms with E-state index in [2.05, 4.69) is 25.3 Å². The number of hydrogen-bond acceptors (Lipinski definition) is 7. The van der Waals surface area contributed by atoms with Crippen LogP contribution >= 0.6 is 0 Å². The minimum absolute atomic E-state index is 0.0366. The fraction of sp³-hybridized carbons (Fsp3) is 0.333. The molecule has 10 nitrogen and oxygen atoms in total. The Labute approximate surface area is 131 Å². The highest BCUT2D eigenvalue weighted by atomic mass is 32.2. The molecule has 2 heterocycles. The number of ether oxygens (including phenoxy) is 1. The Morgan fingerprint density at radius 2 is 2.26 bits per heavy atom. The second-order valence-corrected chi connectivity index (χ2v) is 6.71. The van der Waals surface area contributed by atoms with Crippen LogP contribution in [0.3, 0.4) is 0 Å². The lowest BCUT2D eigenvalue weighted by molar-refractivity contribution is -0.117. The number of carbonyl (C=O) groups is 1. The number of tetrazole rings is 1. The van der Waals surface area contributed by atoms with E-state index in [0.29, 0.717) is 18.0 Å². The fourth-order valence-corrected chi connectivity index (χ4v) is 3.23. The van der Waals surface area contributed by atoms with Crippen molar-refractivity contribution in [2.24, 2.45) is 0 Å². The van der Waals surface area contributed by atoms with E-state index in [4.69, 9.17) is 4.74 Å². The summed E-state index contributed by atoms with van der Waals surface area (Å²) in [6.45, 7) is 3.60. The van der Waals surface area contributed by atoms with Gasteiger partial charge in [-0.05, 0) is 30.3 Å².